The van der Waals surface area contributed by atoms with Gasteiger partial charge in [0, 0.05) is 42.7 Å². The van der Waals surface area contributed by atoms with E-state index in [1.165, 1.54) is 5.69 Å². The van der Waals surface area contributed by atoms with Gasteiger partial charge in [-0.05, 0) is 65.0 Å². The molecule has 1 aromatic heterocycles. The number of amides is 1. The van der Waals surface area contributed by atoms with Gasteiger partial charge in [0.15, 0.2) is 0 Å². The van der Waals surface area contributed by atoms with E-state index in [9.17, 15) is 9.90 Å². The molecule has 0 radical (unpaired) electrons. The number of aryl methyl sites for hydroxylation is 2. The van der Waals surface area contributed by atoms with Gasteiger partial charge in [-0.3, -0.25) is 9.78 Å². The Bertz CT molecular complexity index is 720. The van der Waals surface area contributed by atoms with Crippen molar-refractivity contribution in [1.82, 2.24) is 10.3 Å². The second-order valence-corrected chi connectivity index (χ2v) is 9.20. The van der Waals surface area contributed by atoms with Crippen molar-refractivity contribution >= 4 is 11.6 Å². The van der Waals surface area contributed by atoms with Crippen molar-refractivity contribution in [2.24, 2.45) is 5.92 Å². The van der Waals surface area contributed by atoms with Crippen LogP contribution in [0.15, 0.2) is 12.1 Å². The molecule has 3 heterocycles. The quantitative estimate of drug-likeness (QED) is 0.834. The van der Waals surface area contributed by atoms with E-state index in [0.717, 1.165) is 56.6 Å². The van der Waals surface area contributed by atoms with Crippen LogP contribution in [0, 0.1) is 19.8 Å². The third kappa shape index (κ3) is 3.52. The summed E-state index contributed by atoms with van der Waals surface area (Å²) in [5, 5.41) is 14.5. The van der Waals surface area contributed by atoms with Crippen molar-refractivity contribution in [2.45, 2.75) is 76.5 Å². The van der Waals surface area contributed by atoms with Gasteiger partial charge in [0.2, 0.25) is 5.91 Å². The smallest absolute Gasteiger partial charge is 0.223 e. The highest BCUT2D eigenvalue weighted by atomic mass is 16.5. The Morgan fingerprint density at radius 1 is 1.21 bits per heavy atom. The number of aromatic nitrogens is 1. The lowest BCUT2D eigenvalue weighted by Gasteiger charge is -2.54. The molecule has 2 atom stereocenters. The normalized spacial score (nSPS) is 30.1. The molecule has 4 rings (SSSR count). The van der Waals surface area contributed by atoms with Crippen molar-refractivity contribution in [3.8, 4) is 0 Å². The largest absolute Gasteiger partial charge is 0.388 e. The predicted octanol–water partition coefficient (Wildman–Crippen LogP) is 2.49. The van der Waals surface area contributed by atoms with Gasteiger partial charge in [0.1, 0.15) is 6.10 Å². The van der Waals surface area contributed by atoms with Gasteiger partial charge >= 0.3 is 0 Å². The van der Waals surface area contributed by atoms with Crippen LogP contribution in [0.5, 0.6) is 0 Å². The molecule has 0 unspecified atom stereocenters. The highest BCUT2D eigenvalue weighted by molar-refractivity contribution is 5.80. The first-order chi connectivity index (χ1) is 13.3. The lowest BCUT2D eigenvalue weighted by molar-refractivity contribution is -0.199. The average molecular weight is 388 g/mol. The van der Waals surface area contributed by atoms with Gasteiger partial charge in [0.05, 0.1) is 11.1 Å². The van der Waals surface area contributed by atoms with Gasteiger partial charge in [-0.15, -0.1) is 0 Å². The fourth-order valence-corrected chi connectivity index (χ4v) is 5.00. The molecule has 2 N–H and O–H groups in total. The lowest BCUT2D eigenvalue weighted by atomic mass is 9.72. The number of piperidine rings is 1. The number of hydrogen-bond donors (Lipinski definition) is 2. The Morgan fingerprint density at radius 3 is 2.43 bits per heavy atom. The number of pyridine rings is 1. The minimum atomic E-state index is -0.694. The second kappa shape index (κ2) is 7.30. The molecule has 3 fully saturated rings. The van der Waals surface area contributed by atoms with Gasteiger partial charge in [-0.1, -0.05) is 6.42 Å². The van der Waals surface area contributed by atoms with Crippen LogP contribution in [-0.2, 0) is 9.53 Å². The van der Waals surface area contributed by atoms with Crippen molar-refractivity contribution in [1.29, 1.82) is 0 Å². The Hall–Kier alpha value is -1.66. The monoisotopic (exact) mass is 387 g/mol. The maximum absolute atomic E-state index is 12.5. The Balaban J connectivity index is 1.45. The number of aliphatic hydroxyl groups excluding tert-OH is 1. The number of carbonyl (C=O) groups is 1. The fraction of sp³-hybridized carbons (Fsp3) is 0.727. The molecule has 1 aromatic rings. The molecule has 2 aliphatic heterocycles. The molecule has 2 saturated heterocycles. The zero-order valence-corrected chi connectivity index (χ0v) is 17.3. The number of carbonyl (C=O) groups excluding carboxylic acids is 1. The van der Waals surface area contributed by atoms with Gasteiger partial charge in [0.25, 0.3) is 0 Å². The minimum absolute atomic E-state index is 0.102. The van der Waals surface area contributed by atoms with Crippen LogP contribution in [-0.4, -0.2) is 52.9 Å². The number of nitrogens with zero attached hydrogens (tertiary/aromatic N) is 2. The highest BCUT2D eigenvalue weighted by Crippen LogP contribution is 2.41. The van der Waals surface area contributed by atoms with E-state index < -0.39 is 17.2 Å². The first-order valence-corrected chi connectivity index (χ1v) is 10.7. The van der Waals surface area contributed by atoms with Gasteiger partial charge in [-0.2, -0.15) is 0 Å². The molecule has 0 aromatic carbocycles. The summed E-state index contributed by atoms with van der Waals surface area (Å²) in [6.07, 6.45) is 4.54. The molecular weight excluding hydrogens is 354 g/mol. The number of hydrogen-bond acceptors (Lipinski definition) is 5. The summed E-state index contributed by atoms with van der Waals surface area (Å²) in [4.78, 5) is 19.4. The summed E-state index contributed by atoms with van der Waals surface area (Å²) in [6, 6.07) is 4.23. The summed E-state index contributed by atoms with van der Waals surface area (Å²) in [5.41, 5.74) is 2.04. The van der Waals surface area contributed by atoms with Crippen molar-refractivity contribution < 1.29 is 14.6 Å². The molecule has 154 valence electrons. The molecule has 28 heavy (non-hydrogen) atoms. The van der Waals surface area contributed by atoms with Crippen molar-refractivity contribution in [3.05, 3.63) is 23.5 Å². The average Bonchev–Trinajstić information content (AvgIpc) is 2.58. The molecule has 1 amide bonds. The molecular formula is C22H33N3O3. The van der Waals surface area contributed by atoms with E-state index in [-0.39, 0.29) is 11.8 Å². The maximum Gasteiger partial charge on any atom is 0.223 e. The molecule has 1 aliphatic carbocycles. The van der Waals surface area contributed by atoms with E-state index in [2.05, 4.69) is 27.3 Å². The van der Waals surface area contributed by atoms with Crippen LogP contribution in [0.1, 0.15) is 56.8 Å². The lowest BCUT2D eigenvalue weighted by Crippen LogP contribution is -2.69. The standard InChI is InChI=1S/C22H33N3O3/c1-15-13-18(14-16(2)23-15)25-10-7-22(8-11-25)20(27)21(3,9-12-28-22)24-19(26)17-5-4-6-17/h13-14,17,20,27H,4-12H2,1-3H3,(H,24,26)/t20-,21+/m1/s1. The van der Waals surface area contributed by atoms with Crippen molar-refractivity contribution in [2.75, 3.05) is 24.6 Å². The third-order valence-corrected chi connectivity index (χ3v) is 7.04. The first kappa shape index (κ1) is 19.6. The van der Waals surface area contributed by atoms with Crippen LogP contribution in [0.3, 0.4) is 0 Å². The van der Waals surface area contributed by atoms with Crippen LogP contribution >= 0.6 is 0 Å². The number of aliphatic hydroxyl groups is 1. The fourth-order valence-electron chi connectivity index (χ4n) is 5.00. The van der Waals surface area contributed by atoms with Crippen LogP contribution in [0.4, 0.5) is 5.69 Å². The second-order valence-electron chi connectivity index (χ2n) is 9.20. The highest BCUT2D eigenvalue weighted by Gasteiger charge is 2.54. The number of rotatable bonds is 3. The molecule has 1 spiro atoms. The molecule has 1 saturated carbocycles. The van der Waals surface area contributed by atoms with Crippen LogP contribution in [0.2, 0.25) is 0 Å². The molecule has 3 aliphatic rings. The summed E-state index contributed by atoms with van der Waals surface area (Å²) in [6.45, 7) is 8.25. The van der Waals surface area contributed by atoms with E-state index in [1.807, 2.05) is 20.8 Å². The first-order valence-electron chi connectivity index (χ1n) is 10.7. The number of ether oxygens (including phenoxy) is 1. The Morgan fingerprint density at radius 2 is 1.86 bits per heavy atom. The number of anilines is 1. The zero-order chi connectivity index (χ0) is 19.9. The van der Waals surface area contributed by atoms with E-state index in [0.29, 0.717) is 13.0 Å². The molecule has 6 nitrogen and oxygen atoms in total. The third-order valence-electron chi connectivity index (χ3n) is 7.04. The Kier molecular flexibility index (Phi) is 5.12. The Labute approximate surface area is 167 Å². The van der Waals surface area contributed by atoms with Crippen LogP contribution in [0.25, 0.3) is 0 Å². The van der Waals surface area contributed by atoms with E-state index in [1.54, 1.807) is 0 Å². The van der Waals surface area contributed by atoms with E-state index >= 15 is 0 Å². The summed E-state index contributed by atoms with van der Waals surface area (Å²) < 4.78 is 6.19. The van der Waals surface area contributed by atoms with Crippen molar-refractivity contribution in [3.63, 3.8) is 0 Å². The zero-order valence-electron chi connectivity index (χ0n) is 17.3. The summed E-state index contributed by atoms with van der Waals surface area (Å²) in [5.74, 6) is 0.229. The summed E-state index contributed by atoms with van der Waals surface area (Å²) in [7, 11) is 0. The van der Waals surface area contributed by atoms with Crippen LogP contribution < -0.4 is 10.2 Å². The van der Waals surface area contributed by atoms with Gasteiger partial charge in [-0.25, -0.2) is 0 Å². The van der Waals surface area contributed by atoms with Gasteiger partial charge < -0.3 is 20.1 Å². The maximum atomic E-state index is 12.5. The molecule has 0 bridgehead atoms. The van der Waals surface area contributed by atoms with E-state index in [4.69, 9.17) is 4.74 Å². The predicted molar refractivity (Wildman–Crippen MR) is 108 cm³/mol. The minimum Gasteiger partial charge on any atom is -0.388 e. The SMILES string of the molecule is Cc1cc(N2CCC3(CC2)OCC[C@](C)(NC(=O)C2CCC2)[C@H]3O)cc(C)n1. The number of nitrogens with one attached hydrogen (secondary N) is 1. The summed E-state index contributed by atoms with van der Waals surface area (Å²) >= 11 is 0. The molecule has 6 heteroatoms. The topological polar surface area (TPSA) is 74.7 Å².